The summed E-state index contributed by atoms with van der Waals surface area (Å²) in [5, 5.41) is 3.49. The number of nitrogens with one attached hydrogen (secondary N) is 1. The minimum absolute atomic E-state index is 0. The van der Waals surface area contributed by atoms with E-state index in [-0.39, 0.29) is 30.1 Å². The van der Waals surface area contributed by atoms with Gasteiger partial charge in [0.2, 0.25) is 0 Å². The topological polar surface area (TPSA) is 63.7 Å². The van der Waals surface area contributed by atoms with Crippen molar-refractivity contribution in [2.24, 2.45) is 10.9 Å². The van der Waals surface area contributed by atoms with Gasteiger partial charge in [-0.25, -0.2) is 4.79 Å². The molecule has 2 aliphatic heterocycles. The zero-order valence-electron chi connectivity index (χ0n) is 21.4. The molecule has 9 heteroatoms. The quantitative estimate of drug-likeness (QED) is 0.303. The predicted octanol–water partition coefficient (Wildman–Crippen LogP) is 2.78. The molecule has 1 N–H and O–H groups in total. The lowest BCUT2D eigenvalue weighted by molar-refractivity contribution is 0.0214. The Morgan fingerprint density at radius 2 is 1.78 bits per heavy atom. The Bertz CT molecular complexity index is 590. The van der Waals surface area contributed by atoms with Crippen LogP contribution in [0.3, 0.4) is 0 Å². The van der Waals surface area contributed by atoms with Crippen molar-refractivity contribution in [1.29, 1.82) is 0 Å². The molecule has 0 aromatic rings. The summed E-state index contributed by atoms with van der Waals surface area (Å²) in [6, 6.07) is 0.469. The normalized spacial score (nSPS) is 21.8. The van der Waals surface area contributed by atoms with Gasteiger partial charge >= 0.3 is 6.09 Å². The average Bonchev–Trinajstić information content (AvgIpc) is 2.70. The SMILES string of the molecule is CCNC(=NCC1CN(C)CCN1C)N1CCC(CN(CC)C(=O)OC(C)(C)C)CC1.I. The molecule has 2 aliphatic rings. The van der Waals surface area contributed by atoms with E-state index in [9.17, 15) is 4.79 Å². The minimum Gasteiger partial charge on any atom is -0.444 e. The number of likely N-dealkylation sites (N-methyl/N-ethyl adjacent to an activating group) is 2. The maximum atomic E-state index is 12.5. The van der Waals surface area contributed by atoms with Crippen LogP contribution in [0, 0.1) is 5.92 Å². The minimum atomic E-state index is -0.452. The highest BCUT2D eigenvalue weighted by atomic mass is 127. The number of carbonyl (C=O) groups excluding carboxylic acids is 1. The molecule has 2 rings (SSSR count). The highest BCUT2D eigenvalue weighted by molar-refractivity contribution is 14.0. The standard InChI is InChI=1S/C23H46N6O2.HI/c1-8-24-21(25-16-20-18-26(6)14-15-27(20)7)29-12-10-19(11-13-29)17-28(9-2)22(30)31-23(3,4)5;/h19-20H,8-18H2,1-7H3,(H,24,25);1H. The summed E-state index contributed by atoms with van der Waals surface area (Å²) in [5.41, 5.74) is -0.452. The van der Waals surface area contributed by atoms with Crippen LogP contribution in [-0.4, -0.2) is 116 Å². The van der Waals surface area contributed by atoms with Gasteiger partial charge in [-0.3, -0.25) is 9.89 Å². The molecule has 0 radical (unpaired) electrons. The van der Waals surface area contributed by atoms with Gasteiger partial charge in [0.05, 0.1) is 6.54 Å². The van der Waals surface area contributed by atoms with Gasteiger partial charge in [-0.1, -0.05) is 0 Å². The summed E-state index contributed by atoms with van der Waals surface area (Å²) in [7, 11) is 4.40. The number of piperidine rings is 1. The van der Waals surface area contributed by atoms with Crippen molar-refractivity contribution in [2.75, 3.05) is 73.0 Å². The van der Waals surface area contributed by atoms with Crippen LogP contribution < -0.4 is 5.32 Å². The van der Waals surface area contributed by atoms with E-state index >= 15 is 0 Å². The molecule has 0 bridgehead atoms. The van der Waals surface area contributed by atoms with Gasteiger partial charge in [0, 0.05) is 58.4 Å². The highest BCUT2D eigenvalue weighted by Crippen LogP contribution is 2.20. The van der Waals surface area contributed by atoms with E-state index in [1.54, 1.807) is 0 Å². The molecule has 0 aromatic carbocycles. The molecule has 0 aliphatic carbocycles. The Morgan fingerprint density at radius 1 is 1.12 bits per heavy atom. The first-order valence-corrected chi connectivity index (χ1v) is 12.0. The van der Waals surface area contributed by atoms with Gasteiger partial charge in [-0.05, 0) is 67.5 Å². The fourth-order valence-corrected chi connectivity index (χ4v) is 4.21. The number of aliphatic imine (C=N–C) groups is 1. The van der Waals surface area contributed by atoms with E-state index in [1.807, 2.05) is 32.6 Å². The van der Waals surface area contributed by atoms with Gasteiger partial charge in [0.25, 0.3) is 0 Å². The summed E-state index contributed by atoms with van der Waals surface area (Å²) in [4.78, 5) is 26.5. The van der Waals surface area contributed by atoms with Crippen molar-refractivity contribution in [2.45, 2.75) is 59.1 Å². The Kier molecular flexibility index (Phi) is 12.6. The first-order valence-electron chi connectivity index (χ1n) is 12.0. The molecule has 8 nitrogen and oxygen atoms in total. The van der Waals surface area contributed by atoms with E-state index in [2.05, 4.69) is 41.0 Å². The van der Waals surface area contributed by atoms with E-state index < -0.39 is 5.60 Å². The Balaban J connectivity index is 0.00000512. The van der Waals surface area contributed by atoms with Crippen molar-refractivity contribution >= 4 is 36.0 Å². The summed E-state index contributed by atoms with van der Waals surface area (Å²) >= 11 is 0. The van der Waals surface area contributed by atoms with Crippen molar-refractivity contribution < 1.29 is 9.53 Å². The molecule has 32 heavy (non-hydrogen) atoms. The fraction of sp³-hybridized carbons (Fsp3) is 0.913. The average molecular weight is 567 g/mol. The smallest absolute Gasteiger partial charge is 0.410 e. The number of carbonyl (C=O) groups is 1. The molecule has 2 heterocycles. The molecule has 0 aromatic heterocycles. The third-order valence-electron chi connectivity index (χ3n) is 6.19. The molecular formula is C23H47IN6O2. The van der Waals surface area contributed by atoms with Crippen molar-refractivity contribution in [3.8, 4) is 0 Å². The van der Waals surface area contributed by atoms with Crippen LogP contribution in [0.15, 0.2) is 4.99 Å². The van der Waals surface area contributed by atoms with E-state index in [4.69, 9.17) is 9.73 Å². The summed E-state index contributed by atoms with van der Waals surface area (Å²) in [5.74, 6) is 1.53. The summed E-state index contributed by atoms with van der Waals surface area (Å²) in [6.07, 6.45) is 1.93. The predicted molar refractivity (Wildman–Crippen MR) is 143 cm³/mol. The van der Waals surface area contributed by atoms with E-state index in [0.717, 1.165) is 71.2 Å². The number of amides is 1. The van der Waals surface area contributed by atoms with Crippen LogP contribution in [0.1, 0.15) is 47.5 Å². The number of piperazine rings is 1. The number of hydrogen-bond acceptors (Lipinski definition) is 5. The van der Waals surface area contributed by atoms with Crippen LogP contribution in [0.5, 0.6) is 0 Å². The largest absolute Gasteiger partial charge is 0.444 e. The number of nitrogens with zero attached hydrogens (tertiary/aromatic N) is 5. The van der Waals surface area contributed by atoms with Crippen LogP contribution in [0.25, 0.3) is 0 Å². The second-order valence-corrected chi connectivity index (χ2v) is 10.0. The molecule has 0 saturated carbocycles. The Hall–Kier alpha value is -0.810. The Labute approximate surface area is 213 Å². The third kappa shape index (κ3) is 9.59. The lowest BCUT2D eigenvalue weighted by atomic mass is 9.96. The molecule has 1 unspecified atom stereocenters. The summed E-state index contributed by atoms with van der Waals surface area (Å²) in [6.45, 7) is 18.3. The van der Waals surface area contributed by atoms with Crippen LogP contribution in [-0.2, 0) is 4.74 Å². The molecule has 2 saturated heterocycles. The van der Waals surface area contributed by atoms with Gasteiger partial charge in [-0.15, -0.1) is 24.0 Å². The van der Waals surface area contributed by atoms with E-state index in [0.29, 0.717) is 18.5 Å². The number of guanidine groups is 1. The maximum absolute atomic E-state index is 12.5. The third-order valence-corrected chi connectivity index (χ3v) is 6.19. The lowest BCUT2D eigenvalue weighted by Gasteiger charge is -2.38. The van der Waals surface area contributed by atoms with Crippen LogP contribution in [0.4, 0.5) is 4.79 Å². The molecular weight excluding hydrogens is 519 g/mol. The van der Waals surface area contributed by atoms with Gasteiger partial charge < -0.3 is 24.8 Å². The van der Waals surface area contributed by atoms with Crippen molar-refractivity contribution in [3.05, 3.63) is 0 Å². The van der Waals surface area contributed by atoms with E-state index in [1.165, 1.54) is 0 Å². The number of halogens is 1. The first-order chi connectivity index (χ1) is 14.6. The molecule has 1 atom stereocenters. The summed E-state index contributed by atoms with van der Waals surface area (Å²) < 4.78 is 5.57. The first kappa shape index (κ1) is 29.2. The monoisotopic (exact) mass is 566 g/mol. The second kappa shape index (κ2) is 13.8. The molecule has 2 fully saturated rings. The fourth-order valence-electron chi connectivity index (χ4n) is 4.21. The number of rotatable bonds is 6. The zero-order chi connectivity index (χ0) is 23.0. The lowest BCUT2D eigenvalue weighted by Crippen LogP contribution is -2.52. The van der Waals surface area contributed by atoms with Gasteiger partial charge in [0.15, 0.2) is 5.96 Å². The molecule has 188 valence electrons. The zero-order valence-corrected chi connectivity index (χ0v) is 23.7. The number of ether oxygens (including phenoxy) is 1. The Morgan fingerprint density at radius 3 is 2.34 bits per heavy atom. The molecule has 0 spiro atoms. The number of hydrogen-bond donors (Lipinski definition) is 1. The van der Waals surface area contributed by atoms with Crippen molar-refractivity contribution in [1.82, 2.24) is 24.9 Å². The van der Waals surface area contributed by atoms with Gasteiger partial charge in [0.1, 0.15) is 5.60 Å². The van der Waals surface area contributed by atoms with Gasteiger partial charge in [-0.2, -0.15) is 0 Å². The van der Waals surface area contributed by atoms with Crippen LogP contribution in [0.2, 0.25) is 0 Å². The maximum Gasteiger partial charge on any atom is 0.410 e. The van der Waals surface area contributed by atoms with Crippen molar-refractivity contribution in [3.63, 3.8) is 0 Å². The second-order valence-electron chi connectivity index (χ2n) is 10.0. The number of likely N-dealkylation sites (tertiary alicyclic amines) is 1. The highest BCUT2D eigenvalue weighted by Gasteiger charge is 2.28. The van der Waals surface area contributed by atoms with Crippen LogP contribution >= 0.6 is 24.0 Å². The molecule has 1 amide bonds.